The molecule has 1 unspecified atom stereocenters. The Bertz CT molecular complexity index is 877. The normalized spacial score (nSPS) is 15.7. The Morgan fingerprint density at radius 2 is 1.88 bits per heavy atom. The minimum atomic E-state index is -0.251. The fourth-order valence-electron chi connectivity index (χ4n) is 3.96. The minimum absolute atomic E-state index is 0.0788. The number of nitrogens with one attached hydrogen (secondary N) is 2. The third kappa shape index (κ3) is 7.67. The lowest BCUT2D eigenvalue weighted by molar-refractivity contribution is -0.121. The maximum Gasteiger partial charge on any atom is 0.286 e. The second-order valence-corrected chi connectivity index (χ2v) is 9.62. The van der Waals surface area contributed by atoms with Gasteiger partial charge in [-0.25, -0.2) is 0 Å². The maximum atomic E-state index is 12.4. The van der Waals surface area contributed by atoms with E-state index in [-0.39, 0.29) is 11.8 Å². The van der Waals surface area contributed by atoms with Crippen LogP contribution in [-0.2, 0) is 11.2 Å². The van der Waals surface area contributed by atoms with Gasteiger partial charge >= 0.3 is 0 Å². The number of aryl methyl sites for hydroxylation is 2. The van der Waals surface area contributed by atoms with Crippen molar-refractivity contribution in [1.29, 1.82) is 0 Å². The molecule has 32 heavy (non-hydrogen) atoms. The van der Waals surface area contributed by atoms with E-state index in [2.05, 4.69) is 32.7 Å². The Kier molecular flexibility index (Phi) is 9.62. The van der Waals surface area contributed by atoms with Gasteiger partial charge in [0, 0.05) is 31.1 Å². The summed E-state index contributed by atoms with van der Waals surface area (Å²) in [5, 5.41) is 15.2. The molecule has 1 aromatic carbocycles. The lowest BCUT2D eigenvalue weighted by Crippen LogP contribution is -2.37. The highest BCUT2D eigenvalue weighted by molar-refractivity contribution is 7.13. The molecule has 1 aromatic heterocycles. The van der Waals surface area contributed by atoms with Crippen LogP contribution in [0.2, 0.25) is 0 Å². The molecule has 174 valence electrons. The first-order chi connectivity index (χ1) is 15.5. The smallest absolute Gasteiger partial charge is 0.286 e. The minimum Gasteiger partial charge on any atom is -0.356 e. The van der Waals surface area contributed by atoms with Crippen molar-refractivity contribution in [3.8, 4) is 0 Å². The molecule has 8 heteroatoms. The van der Waals surface area contributed by atoms with E-state index in [0.29, 0.717) is 30.3 Å². The van der Waals surface area contributed by atoms with Crippen LogP contribution in [0.4, 0.5) is 5.69 Å². The third-order valence-electron chi connectivity index (χ3n) is 6.00. The first kappa shape index (κ1) is 24.3. The number of hydrogen-bond donors (Lipinski definition) is 2. The highest BCUT2D eigenvalue weighted by Crippen LogP contribution is 2.18. The summed E-state index contributed by atoms with van der Waals surface area (Å²) in [6.07, 6.45) is 8.05. The summed E-state index contributed by atoms with van der Waals surface area (Å²) in [4.78, 5) is 27.1. The summed E-state index contributed by atoms with van der Waals surface area (Å²) >= 11 is 1.29. The van der Waals surface area contributed by atoms with E-state index in [0.717, 1.165) is 29.2 Å². The van der Waals surface area contributed by atoms with E-state index in [1.165, 1.54) is 50.1 Å². The molecule has 1 aliphatic rings. The zero-order valence-corrected chi connectivity index (χ0v) is 20.0. The molecule has 0 bridgehead atoms. The van der Waals surface area contributed by atoms with Crippen molar-refractivity contribution in [2.75, 3.05) is 25.0 Å². The SMILES string of the molecule is Cc1ccccc1NC(=O)c1nnc(CCCC(=O)NCCC(C)N2CCCCCC2)s1. The van der Waals surface area contributed by atoms with E-state index >= 15 is 0 Å². The summed E-state index contributed by atoms with van der Waals surface area (Å²) in [6, 6.07) is 8.14. The quantitative estimate of drug-likeness (QED) is 0.559. The summed E-state index contributed by atoms with van der Waals surface area (Å²) in [5.74, 6) is -0.172. The second kappa shape index (κ2) is 12.6. The lowest BCUT2D eigenvalue weighted by Gasteiger charge is -2.27. The van der Waals surface area contributed by atoms with Crippen molar-refractivity contribution in [2.45, 2.75) is 71.3 Å². The molecule has 1 saturated heterocycles. The van der Waals surface area contributed by atoms with Crippen molar-refractivity contribution in [2.24, 2.45) is 0 Å². The number of carbonyl (C=O) groups is 2. The molecular formula is C24H35N5O2S. The van der Waals surface area contributed by atoms with Gasteiger partial charge in [-0.05, 0) is 64.3 Å². The van der Waals surface area contributed by atoms with Crippen LogP contribution in [0.3, 0.4) is 0 Å². The number of carbonyl (C=O) groups excluding carboxylic acids is 2. The lowest BCUT2D eigenvalue weighted by atomic mass is 10.2. The fraction of sp³-hybridized carbons (Fsp3) is 0.583. The van der Waals surface area contributed by atoms with Crippen LogP contribution in [-0.4, -0.2) is 52.6 Å². The van der Waals surface area contributed by atoms with Gasteiger partial charge in [-0.3, -0.25) is 9.59 Å². The summed E-state index contributed by atoms with van der Waals surface area (Å²) < 4.78 is 0. The van der Waals surface area contributed by atoms with Gasteiger partial charge in [0.05, 0.1) is 0 Å². The largest absolute Gasteiger partial charge is 0.356 e. The van der Waals surface area contributed by atoms with Crippen molar-refractivity contribution in [3.63, 3.8) is 0 Å². The standard InChI is InChI=1S/C24H35N5O2S/c1-18-10-5-6-11-20(18)26-23(31)24-28-27-22(32-24)13-9-12-21(30)25-15-14-19(2)29-16-7-3-4-8-17-29/h5-6,10-11,19H,3-4,7-9,12-17H2,1-2H3,(H,25,30)(H,26,31). The van der Waals surface area contributed by atoms with Gasteiger partial charge in [0.15, 0.2) is 0 Å². The number of benzene rings is 1. The van der Waals surface area contributed by atoms with E-state index in [1.54, 1.807) is 0 Å². The summed E-state index contributed by atoms with van der Waals surface area (Å²) in [5.41, 5.74) is 1.77. The number of likely N-dealkylation sites (tertiary alicyclic amines) is 1. The number of hydrogen-bond acceptors (Lipinski definition) is 6. The molecule has 0 spiro atoms. The monoisotopic (exact) mass is 457 g/mol. The first-order valence-electron chi connectivity index (χ1n) is 11.7. The Morgan fingerprint density at radius 1 is 1.12 bits per heavy atom. The molecule has 0 saturated carbocycles. The summed E-state index contributed by atoms with van der Waals surface area (Å²) in [6.45, 7) is 7.30. The Morgan fingerprint density at radius 3 is 2.62 bits per heavy atom. The second-order valence-electron chi connectivity index (χ2n) is 8.56. The molecule has 2 aromatic rings. The van der Waals surface area contributed by atoms with Crippen LogP contribution in [0.15, 0.2) is 24.3 Å². The van der Waals surface area contributed by atoms with Crippen LogP contribution < -0.4 is 10.6 Å². The van der Waals surface area contributed by atoms with Gasteiger partial charge in [0.1, 0.15) is 5.01 Å². The third-order valence-corrected chi connectivity index (χ3v) is 6.98. The van der Waals surface area contributed by atoms with Gasteiger partial charge in [0.25, 0.3) is 5.91 Å². The van der Waals surface area contributed by atoms with E-state index in [9.17, 15) is 9.59 Å². The number of rotatable bonds is 10. The van der Waals surface area contributed by atoms with Crippen LogP contribution >= 0.6 is 11.3 Å². The Balaban J connectivity index is 1.33. The van der Waals surface area contributed by atoms with E-state index in [4.69, 9.17) is 0 Å². The topological polar surface area (TPSA) is 87.2 Å². The van der Waals surface area contributed by atoms with Crippen molar-refractivity contribution >= 4 is 28.8 Å². The fourth-order valence-corrected chi connectivity index (χ4v) is 4.74. The average molecular weight is 458 g/mol. The molecule has 0 radical (unpaired) electrons. The zero-order valence-electron chi connectivity index (χ0n) is 19.2. The molecule has 1 aliphatic heterocycles. The van der Waals surface area contributed by atoms with Crippen molar-refractivity contribution in [1.82, 2.24) is 20.4 Å². The van der Waals surface area contributed by atoms with Crippen LogP contribution in [0.5, 0.6) is 0 Å². The van der Waals surface area contributed by atoms with E-state index in [1.807, 2.05) is 31.2 Å². The molecule has 1 atom stereocenters. The predicted octanol–water partition coefficient (Wildman–Crippen LogP) is 4.19. The predicted molar refractivity (Wildman–Crippen MR) is 129 cm³/mol. The molecule has 3 rings (SSSR count). The molecular weight excluding hydrogens is 422 g/mol. The highest BCUT2D eigenvalue weighted by Gasteiger charge is 2.16. The van der Waals surface area contributed by atoms with Gasteiger partial charge < -0.3 is 15.5 Å². The number of para-hydroxylation sites is 1. The van der Waals surface area contributed by atoms with Crippen LogP contribution in [0.25, 0.3) is 0 Å². The maximum absolute atomic E-state index is 12.4. The Labute approximate surface area is 195 Å². The van der Waals surface area contributed by atoms with E-state index < -0.39 is 0 Å². The zero-order chi connectivity index (χ0) is 22.8. The molecule has 2 heterocycles. The van der Waals surface area contributed by atoms with Gasteiger partial charge in [0.2, 0.25) is 10.9 Å². The van der Waals surface area contributed by atoms with Gasteiger partial charge in [-0.1, -0.05) is 42.4 Å². The molecule has 1 fully saturated rings. The highest BCUT2D eigenvalue weighted by atomic mass is 32.1. The van der Waals surface area contributed by atoms with Gasteiger partial charge in [-0.2, -0.15) is 0 Å². The molecule has 2 N–H and O–H groups in total. The first-order valence-corrected chi connectivity index (χ1v) is 12.5. The van der Waals surface area contributed by atoms with Crippen LogP contribution in [0, 0.1) is 6.92 Å². The number of amides is 2. The Hall–Kier alpha value is -2.32. The molecule has 2 amide bonds. The number of aromatic nitrogens is 2. The summed E-state index contributed by atoms with van der Waals surface area (Å²) in [7, 11) is 0. The van der Waals surface area contributed by atoms with Crippen LogP contribution in [0.1, 0.15) is 72.2 Å². The van der Waals surface area contributed by atoms with Gasteiger partial charge in [-0.15, -0.1) is 10.2 Å². The average Bonchev–Trinajstić information content (AvgIpc) is 3.08. The number of nitrogens with zero attached hydrogens (tertiary/aromatic N) is 3. The number of anilines is 1. The molecule has 0 aliphatic carbocycles. The van der Waals surface area contributed by atoms with Crippen molar-refractivity contribution in [3.05, 3.63) is 39.8 Å². The molecule has 7 nitrogen and oxygen atoms in total. The van der Waals surface area contributed by atoms with Crippen molar-refractivity contribution < 1.29 is 9.59 Å².